The smallest absolute Gasteiger partial charge is 0.407 e. The van der Waals surface area contributed by atoms with Crippen LogP contribution in [0.4, 0.5) is 16.3 Å². The quantitative estimate of drug-likeness (QED) is 0.136. The van der Waals surface area contributed by atoms with Crippen molar-refractivity contribution in [2.45, 2.75) is 51.8 Å². The normalized spacial score (nSPS) is 14.1. The van der Waals surface area contributed by atoms with E-state index >= 15 is 0 Å². The Morgan fingerprint density at radius 2 is 1.63 bits per heavy atom. The molecule has 0 radical (unpaired) electrons. The van der Waals surface area contributed by atoms with Crippen LogP contribution in [-0.4, -0.2) is 56.8 Å². The lowest BCUT2D eigenvalue weighted by atomic mass is 9.99. The molecule has 1 atom stereocenters. The number of hydrogen-bond donors (Lipinski definition) is 3. The van der Waals surface area contributed by atoms with Gasteiger partial charge in [-0.05, 0) is 75.6 Å². The summed E-state index contributed by atoms with van der Waals surface area (Å²) in [4.78, 5) is 41.9. The molecule has 1 aliphatic rings. The minimum absolute atomic E-state index is 0.0103. The van der Waals surface area contributed by atoms with Crippen molar-refractivity contribution in [3.63, 3.8) is 0 Å². The molecule has 0 spiro atoms. The second kappa shape index (κ2) is 15.1. The van der Waals surface area contributed by atoms with Gasteiger partial charge in [-0.25, -0.2) is 14.8 Å². The second-order valence-electron chi connectivity index (χ2n) is 13.2. The molecular weight excluding hydrogens is 697 g/mol. The number of aromatic amines is 1. The summed E-state index contributed by atoms with van der Waals surface area (Å²) in [5, 5.41) is 8.16. The van der Waals surface area contributed by atoms with Crippen molar-refractivity contribution in [2.75, 3.05) is 23.3 Å². The summed E-state index contributed by atoms with van der Waals surface area (Å²) in [6, 6.07) is 26.8. The minimum Gasteiger partial charge on any atom is -0.447 e. The monoisotopic (exact) mass is 735 g/mol. The van der Waals surface area contributed by atoms with Crippen LogP contribution in [0.5, 0.6) is 0 Å². The summed E-state index contributed by atoms with van der Waals surface area (Å²) in [5.74, 6) is 0.321. The van der Waals surface area contributed by atoms with Crippen LogP contribution in [0.1, 0.15) is 55.7 Å². The fourth-order valence-corrected chi connectivity index (χ4v) is 7.08. The first-order valence-corrected chi connectivity index (χ1v) is 18.1. The van der Waals surface area contributed by atoms with Gasteiger partial charge in [0.15, 0.2) is 5.82 Å². The number of amides is 2. The van der Waals surface area contributed by atoms with E-state index in [1.54, 1.807) is 12.3 Å². The molecule has 12 heteroatoms. The van der Waals surface area contributed by atoms with Gasteiger partial charge >= 0.3 is 6.09 Å². The van der Waals surface area contributed by atoms with E-state index < -0.39 is 6.09 Å². The number of nitrogens with zero attached hydrogens (tertiary/aromatic N) is 4. The molecule has 1 fully saturated rings. The van der Waals surface area contributed by atoms with Crippen LogP contribution in [0.3, 0.4) is 0 Å². The Morgan fingerprint density at radius 3 is 2.37 bits per heavy atom. The number of fused-ring (bicyclic) bond motifs is 1. The number of pyridine rings is 1. The van der Waals surface area contributed by atoms with E-state index in [4.69, 9.17) is 32.9 Å². The van der Waals surface area contributed by atoms with Gasteiger partial charge in [-0.1, -0.05) is 71.7 Å². The molecule has 1 saturated heterocycles. The van der Waals surface area contributed by atoms with Crippen LogP contribution < -0.4 is 15.5 Å². The number of piperidine rings is 1. The number of carbonyl (C=O) groups excluding carboxylic acids is 2. The lowest BCUT2D eigenvalue weighted by Gasteiger charge is -2.34. The molecule has 0 unspecified atom stereocenters. The molecule has 1 aliphatic heterocycles. The van der Waals surface area contributed by atoms with Gasteiger partial charge in [-0.3, -0.25) is 4.79 Å². The van der Waals surface area contributed by atoms with Crippen molar-refractivity contribution in [3.05, 3.63) is 119 Å². The SMILES string of the molecule is CC(C)OC(=O)NC1CCN(c2ncccc2NC(=O)c2[nH]c3cc(Cl)ccc3c2-c2c(-c3ccccc3)ncn2[C@@H](C)c2ccc(Cl)cc2)CC1. The Balaban J connectivity index is 1.27. The highest BCUT2D eigenvalue weighted by molar-refractivity contribution is 6.31. The molecule has 266 valence electrons. The summed E-state index contributed by atoms with van der Waals surface area (Å²) in [5.41, 5.74) is 5.83. The Hall–Kier alpha value is -5.32. The van der Waals surface area contributed by atoms with Crippen LogP contribution in [0.25, 0.3) is 33.4 Å². The number of benzene rings is 3. The maximum atomic E-state index is 14.6. The van der Waals surface area contributed by atoms with E-state index in [1.807, 2.05) is 99.0 Å². The average molecular weight is 737 g/mol. The standard InChI is InChI=1S/C40H39Cl2N7O3/c1-24(2)52-40(51)45-30-17-20-48(21-18-30)38-32(10-7-19-43-38)47-39(50)36-34(31-16-15-29(42)22-33(31)46-36)37-35(27-8-5-4-6-9-27)44-23-49(37)25(3)26-11-13-28(41)14-12-26/h4-16,19,22-25,30,46H,17-18,20-21H2,1-3H3,(H,45,51)(H,47,50)/t25-/m0/s1. The summed E-state index contributed by atoms with van der Waals surface area (Å²) in [6.07, 6.45) is 4.37. The van der Waals surface area contributed by atoms with Gasteiger partial charge in [0.05, 0.1) is 35.5 Å². The molecular formula is C40H39Cl2N7O3. The number of carbonyl (C=O) groups is 2. The van der Waals surface area contributed by atoms with E-state index in [2.05, 4.69) is 37.0 Å². The molecule has 0 saturated carbocycles. The third-order valence-corrected chi connectivity index (χ3v) is 9.82. The molecule has 4 heterocycles. The van der Waals surface area contributed by atoms with E-state index in [1.165, 1.54) is 0 Å². The number of alkyl carbamates (subject to hydrolysis) is 1. The highest BCUT2D eigenvalue weighted by atomic mass is 35.5. The Morgan fingerprint density at radius 1 is 0.904 bits per heavy atom. The lowest BCUT2D eigenvalue weighted by Crippen LogP contribution is -2.45. The van der Waals surface area contributed by atoms with Crippen molar-refractivity contribution >= 4 is 57.6 Å². The molecule has 0 bridgehead atoms. The molecule has 3 N–H and O–H groups in total. The minimum atomic E-state index is -0.408. The second-order valence-corrected chi connectivity index (χ2v) is 14.1. The third-order valence-electron chi connectivity index (χ3n) is 9.33. The fraction of sp³-hybridized carbons (Fsp3) is 0.250. The molecule has 6 aromatic rings. The van der Waals surface area contributed by atoms with Gasteiger partial charge in [0.2, 0.25) is 0 Å². The van der Waals surface area contributed by atoms with E-state index in [-0.39, 0.29) is 24.1 Å². The number of ether oxygens (including phenoxy) is 1. The zero-order chi connectivity index (χ0) is 36.4. The summed E-state index contributed by atoms with van der Waals surface area (Å²) in [7, 11) is 0. The molecule has 10 nitrogen and oxygen atoms in total. The summed E-state index contributed by atoms with van der Waals surface area (Å²) >= 11 is 12.7. The predicted molar refractivity (Wildman–Crippen MR) is 207 cm³/mol. The Kier molecular flexibility index (Phi) is 10.2. The van der Waals surface area contributed by atoms with Crippen LogP contribution in [0.15, 0.2) is 97.5 Å². The number of aromatic nitrogens is 4. The van der Waals surface area contributed by atoms with Gasteiger partial charge in [-0.2, -0.15) is 0 Å². The topological polar surface area (TPSA) is 117 Å². The third kappa shape index (κ3) is 7.35. The lowest BCUT2D eigenvalue weighted by molar-refractivity contribution is 0.102. The highest BCUT2D eigenvalue weighted by Crippen LogP contribution is 2.42. The van der Waals surface area contributed by atoms with Crippen molar-refractivity contribution < 1.29 is 14.3 Å². The number of hydrogen-bond acceptors (Lipinski definition) is 6. The highest BCUT2D eigenvalue weighted by Gasteiger charge is 2.29. The van der Waals surface area contributed by atoms with Gasteiger partial charge in [-0.15, -0.1) is 0 Å². The van der Waals surface area contributed by atoms with E-state index in [0.29, 0.717) is 58.7 Å². The number of rotatable bonds is 9. The number of nitrogens with one attached hydrogen (secondary N) is 3. The van der Waals surface area contributed by atoms with Crippen molar-refractivity contribution in [3.8, 4) is 22.5 Å². The van der Waals surface area contributed by atoms with Crippen molar-refractivity contribution in [2.24, 2.45) is 0 Å². The first kappa shape index (κ1) is 35.1. The van der Waals surface area contributed by atoms with Crippen molar-refractivity contribution in [1.82, 2.24) is 24.8 Å². The first-order valence-electron chi connectivity index (χ1n) is 17.3. The molecule has 7 rings (SSSR count). The van der Waals surface area contributed by atoms with Crippen LogP contribution in [-0.2, 0) is 4.74 Å². The molecule has 52 heavy (non-hydrogen) atoms. The predicted octanol–water partition coefficient (Wildman–Crippen LogP) is 9.37. The van der Waals surface area contributed by atoms with Gasteiger partial charge in [0.25, 0.3) is 5.91 Å². The Bertz CT molecular complexity index is 2210. The summed E-state index contributed by atoms with van der Waals surface area (Å²) in [6.45, 7) is 7.04. The zero-order valence-electron chi connectivity index (χ0n) is 29.1. The van der Waals surface area contributed by atoms with Crippen molar-refractivity contribution in [1.29, 1.82) is 0 Å². The number of anilines is 2. The van der Waals surface area contributed by atoms with Gasteiger partial charge in [0, 0.05) is 57.4 Å². The first-order chi connectivity index (χ1) is 25.2. The molecule has 3 aromatic heterocycles. The molecule has 3 aromatic carbocycles. The zero-order valence-corrected chi connectivity index (χ0v) is 30.6. The number of halogens is 2. The largest absolute Gasteiger partial charge is 0.447 e. The van der Waals surface area contributed by atoms with Crippen LogP contribution in [0.2, 0.25) is 10.0 Å². The Labute approximate surface area is 312 Å². The molecule has 2 amide bonds. The number of H-pyrrole nitrogens is 1. The molecule has 0 aliphatic carbocycles. The fourth-order valence-electron chi connectivity index (χ4n) is 6.78. The van der Waals surface area contributed by atoms with E-state index in [0.717, 1.165) is 33.4 Å². The number of imidazole rings is 1. The summed E-state index contributed by atoms with van der Waals surface area (Å²) < 4.78 is 7.37. The average Bonchev–Trinajstić information content (AvgIpc) is 3.74. The van der Waals surface area contributed by atoms with Crippen LogP contribution in [0, 0.1) is 0 Å². The van der Waals surface area contributed by atoms with Crippen LogP contribution >= 0.6 is 23.2 Å². The maximum absolute atomic E-state index is 14.6. The van der Waals surface area contributed by atoms with Gasteiger partial charge < -0.3 is 29.8 Å². The maximum Gasteiger partial charge on any atom is 0.407 e. The van der Waals surface area contributed by atoms with E-state index in [9.17, 15) is 9.59 Å². The van der Waals surface area contributed by atoms with Gasteiger partial charge in [0.1, 0.15) is 5.69 Å².